The molecule has 2 aromatic rings. The molecule has 2 aromatic carbocycles. The Kier molecular flexibility index (Phi) is 8.05. The van der Waals surface area contributed by atoms with Gasteiger partial charge in [-0.05, 0) is 42.7 Å². The number of halogens is 2. The monoisotopic (exact) mass is 436 g/mol. The minimum atomic E-state index is -0.931. The molecule has 8 heteroatoms. The molecule has 2 amide bonds. The predicted octanol–water partition coefficient (Wildman–Crippen LogP) is 4.24. The van der Waals surface area contributed by atoms with Gasteiger partial charge in [-0.15, -0.1) is 0 Å². The van der Waals surface area contributed by atoms with Crippen LogP contribution in [0.15, 0.2) is 42.5 Å². The van der Waals surface area contributed by atoms with Gasteiger partial charge in [-0.3, -0.25) is 9.59 Å². The molecular weight excluding hydrogens is 415 g/mol. The lowest BCUT2D eigenvalue weighted by molar-refractivity contribution is -0.150. The van der Waals surface area contributed by atoms with Gasteiger partial charge in [-0.1, -0.05) is 55.2 Å². The van der Waals surface area contributed by atoms with Crippen molar-refractivity contribution in [1.82, 2.24) is 5.32 Å². The summed E-state index contributed by atoms with van der Waals surface area (Å²) in [5.74, 6) is -1.97. The second kappa shape index (κ2) is 10.3. The summed E-state index contributed by atoms with van der Waals surface area (Å²) in [5.41, 5.74) is 1.61. The van der Waals surface area contributed by atoms with Gasteiger partial charge in [0.05, 0.1) is 10.6 Å². The first-order valence-corrected chi connectivity index (χ1v) is 9.72. The molecule has 0 aliphatic rings. The van der Waals surface area contributed by atoms with Crippen molar-refractivity contribution in [2.75, 3.05) is 11.9 Å². The Hall–Kier alpha value is -2.57. The van der Waals surface area contributed by atoms with Gasteiger partial charge in [-0.2, -0.15) is 0 Å². The van der Waals surface area contributed by atoms with Gasteiger partial charge in [-0.25, -0.2) is 4.79 Å². The number of carbonyl (C=O) groups is 3. The van der Waals surface area contributed by atoms with Gasteiger partial charge >= 0.3 is 5.97 Å². The molecule has 0 fully saturated rings. The molecule has 6 nitrogen and oxygen atoms in total. The minimum absolute atomic E-state index is 0.252. The Morgan fingerprint density at radius 2 is 1.76 bits per heavy atom. The van der Waals surface area contributed by atoms with E-state index in [2.05, 4.69) is 10.6 Å². The molecule has 0 aliphatic carbocycles. The van der Waals surface area contributed by atoms with E-state index in [0.29, 0.717) is 10.7 Å². The van der Waals surface area contributed by atoms with Crippen molar-refractivity contribution in [2.24, 2.45) is 5.92 Å². The molecule has 0 aliphatic heterocycles. The first-order chi connectivity index (χ1) is 13.7. The van der Waals surface area contributed by atoms with Crippen LogP contribution in [0.4, 0.5) is 5.69 Å². The van der Waals surface area contributed by atoms with E-state index in [-0.39, 0.29) is 16.5 Å². The maximum Gasteiger partial charge on any atom is 0.329 e. The highest BCUT2D eigenvalue weighted by Gasteiger charge is 2.27. The summed E-state index contributed by atoms with van der Waals surface area (Å²) >= 11 is 12.0. The molecule has 0 bridgehead atoms. The van der Waals surface area contributed by atoms with E-state index < -0.39 is 30.4 Å². The van der Waals surface area contributed by atoms with Crippen LogP contribution >= 0.6 is 23.2 Å². The van der Waals surface area contributed by atoms with Crippen molar-refractivity contribution in [3.63, 3.8) is 0 Å². The van der Waals surface area contributed by atoms with Crippen molar-refractivity contribution >= 4 is 46.7 Å². The highest BCUT2D eigenvalue weighted by Crippen LogP contribution is 2.20. The first kappa shape index (κ1) is 22.7. The molecule has 0 unspecified atom stereocenters. The summed E-state index contributed by atoms with van der Waals surface area (Å²) in [5, 5.41) is 6.01. The molecular formula is C21H22Cl2N2O4. The van der Waals surface area contributed by atoms with Crippen molar-refractivity contribution in [2.45, 2.75) is 26.8 Å². The van der Waals surface area contributed by atoms with Crippen molar-refractivity contribution < 1.29 is 19.1 Å². The van der Waals surface area contributed by atoms with Gasteiger partial charge in [0, 0.05) is 10.7 Å². The number of amides is 2. The molecule has 154 valence electrons. The van der Waals surface area contributed by atoms with E-state index in [1.807, 2.05) is 6.92 Å². The smallest absolute Gasteiger partial charge is 0.329 e. The predicted molar refractivity (Wildman–Crippen MR) is 113 cm³/mol. The Labute approximate surface area is 179 Å². The quantitative estimate of drug-likeness (QED) is 0.635. The van der Waals surface area contributed by atoms with Crippen LogP contribution < -0.4 is 10.6 Å². The van der Waals surface area contributed by atoms with Crippen LogP contribution in [-0.4, -0.2) is 30.4 Å². The number of aryl methyl sites for hydroxylation is 1. The van der Waals surface area contributed by atoms with Crippen LogP contribution in [0.5, 0.6) is 0 Å². The molecule has 2 rings (SSSR count). The normalized spacial score (nSPS) is 11.7. The van der Waals surface area contributed by atoms with E-state index in [4.69, 9.17) is 27.9 Å². The fourth-order valence-corrected chi connectivity index (χ4v) is 2.90. The molecule has 1 atom stereocenters. The number of hydrogen-bond acceptors (Lipinski definition) is 4. The molecule has 0 spiro atoms. The van der Waals surface area contributed by atoms with Gasteiger partial charge < -0.3 is 15.4 Å². The molecule has 29 heavy (non-hydrogen) atoms. The number of anilines is 1. The standard InChI is InChI=1S/C21H22Cl2N2O4/c1-12(2)19(25-20(27)15-6-4-5-7-16(15)23)21(28)29-11-18(26)24-17-10-14(22)9-8-13(17)3/h4-10,12,19H,11H2,1-3H3,(H,24,26)(H,25,27)/t19-/m0/s1. The second-order valence-electron chi connectivity index (χ2n) is 6.79. The lowest BCUT2D eigenvalue weighted by atomic mass is 10.0. The summed E-state index contributed by atoms with van der Waals surface area (Å²) in [6.07, 6.45) is 0. The van der Waals surface area contributed by atoms with Crippen LogP contribution in [0, 0.1) is 12.8 Å². The fraction of sp³-hybridized carbons (Fsp3) is 0.286. The summed E-state index contributed by atoms with van der Waals surface area (Å²) in [6, 6.07) is 10.7. The number of nitrogens with one attached hydrogen (secondary N) is 2. The number of benzene rings is 2. The van der Waals surface area contributed by atoms with Crippen molar-refractivity contribution in [3.05, 3.63) is 63.6 Å². The summed E-state index contributed by atoms with van der Waals surface area (Å²) in [6.45, 7) is 4.84. The highest BCUT2D eigenvalue weighted by atomic mass is 35.5. The van der Waals surface area contributed by atoms with Crippen LogP contribution in [-0.2, 0) is 14.3 Å². The van der Waals surface area contributed by atoms with E-state index in [0.717, 1.165) is 5.56 Å². The van der Waals surface area contributed by atoms with Gasteiger partial charge in [0.25, 0.3) is 11.8 Å². The van der Waals surface area contributed by atoms with Crippen LogP contribution in [0.1, 0.15) is 29.8 Å². The van der Waals surface area contributed by atoms with Crippen LogP contribution in [0.25, 0.3) is 0 Å². The molecule has 0 heterocycles. The van der Waals surface area contributed by atoms with E-state index in [9.17, 15) is 14.4 Å². The number of hydrogen-bond donors (Lipinski definition) is 2. The van der Waals surface area contributed by atoms with Crippen molar-refractivity contribution in [3.8, 4) is 0 Å². The number of rotatable bonds is 7. The third-order valence-electron chi connectivity index (χ3n) is 4.14. The average molecular weight is 437 g/mol. The Bertz CT molecular complexity index is 915. The Balaban J connectivity index is 1.97. The SMILES string of the molecule is Cc1ccc(Cl)cc1NC(=O)COC(=O)[C@@H](NC(=O)c1ccccc1Cl)C(C)C. The van der Waals surface area contributed by atoms with E-state index in [1.54, 1.807) is 56.3 Å². The summed E-state index contributed by atoms with van der Waals surface area (Å²) < 4.78 is 5.10. The van der Waals surface area contributed by atoms with E-state index >= 15 is 0 Å². The summed E-state index contributed by atoms with van der Waals surface area (Å²) in [7, 11) is 0. The first-order valence-electron chi connectivity index (χ1n) is 8.97. The number of carbonyl (C=O) groups excluding carboxylic acids is 3. The zero-order valence-electron chi connectivity index (χ0n) is 16.3. The zero-order chi connectivity index (χ0) is 21.6. The van der Waals surface area contributed by atoms with Crippen molar-refractivity contribution in [1.29, 1.82) is 0 Å². The molecule has 0 saturated carbocycles. The van der Waals surface area contributed by atoms with Gasteiger partial charge in [0.15, 0.2) is 6.61 Å². The summed E-state index contributed by atoms with van der Waals surface area (Å²) in [4.78, 5) is 37.0. The lowest BCUT2D eigenvalue weighted by Crippen LogP contribution is -2.46. The maximum absolute atomic E-state index is 12.4. The van der Waals surface area contributed by atoms with Crippen LogP contribution in [0.2, 0.25) is 10.0 Å². The highest BCUT2D eigenvalue weighted by molar-refractivity contribution is 6.33. The van der Waals surface area contributed by atoms with E-state index in [1.165, 1.54) is 0 Å². The number of esters is 1. The Morgan fingerprint density at radius 1 is 1.07 bits per heavy atom. The molecule has 0 aromatic heterocycles. The molecule has 0 radical (unpaired) electrons. The zero-order valence-corrected chi connectivity index (χ0v) is 17.8. The molecule has 2 N–H and O–H groups in total. The average Bonchev–Trinajstić information content (AvgIpc) is 2.67. The maximum atomic E-state index is 12.4. The van der Waals surface area contributed by atoms with Crippen LogP contribution in [0.3, 0.4) is 0 Å². The third kappa shape index (κ3) is 6.48. The topological polar surface area (TPSA) is 84.5 Å². The third-order valence-corrected chi connectivity index (χ3v) is 4.71. The fourth-order valence-electron chi connectivity index (χ4n) is 2.50. The van der Waals surface area contributed by atoms with Gasteiger partial charge in [0.1, 0.15) is 6.04 Å². The Morgan fingerprint density at radius 3 is 2.41 bits per heavy atom. The number of ether oxygens (including phenoxy) is 1. The second-order valence-corrected chi connectivity index (χ2v) is 7.63. The van der Waals surface area contributed by atoms with Gasteiger partial charge in [0.2, 0.25) is 0 Å². The minimum Gasteiger partial charge on any atom is -0.454 e. The molecule has 0 saturated heterocycles. The largest absolute Gasteiger partial charge is 0.454 e. The lowest BCUT2D eigenvalue weighted by Gasteiger charge is -2.21.